The quantitative estimate of drug-likeness (QED) is 0.269. The van der Waals surface area contributed by atoms with Gasteiger partial charge in [-0.3, -0.25) is 14.5 Å². The summed E-state index contributed by atoms with van der Waals surface area (Å²) in [4.78, 5) is 53.0. The van der Waals surface area contributed by atoms with Crippen molar-refractivity contribution in [3.8, 4) is 10.4 Å². The third-order valence-electron chi connectivity index (χ3n) is 10.9. The fraction of sp³-hybridized carbons (Fsp3) is 0.625. The summed E-state index contributed by atoms with van der Waals surface area (Å²) in [6.07, 6.45) is -0.548. The molecule has 0 spiro atoms. The molecular formula is C40H56FN7O6S. The summed E-state index contributed by atoms with van der Waals surface area (Å²) >= 11 is 1.59. The van der Waals surface area contributed by atoms with E-state index >= 15 is 4.39 Å². The fourth-order valence-electron chi connectivity index (χ4n) is 7.80. The number of carbonyl (C=O) groups excluding carboxylic acids is 3. The van der Waals surface area contributed by atoms with E-state index < -0.39 is 35.4 Å². The van der Waals surface area contributed by atoms with Gasteiger partial charge in [-0.2, -0.15) is 0 Å². The van der Waals surface area contributed by atoms with E-state index in [2.05, 4.69) is 25.3 Å². The number of carbonyl (C=O) groups is 3. The molecule has 3 aliphatic heterocycles. The van der Waals surface area contributed by atoms with Crippen molar-refractivity contribution in [3.63, 3.8) is 0 Å². The number of piperidine rings is 1. The Labute approximate surface area is 327 Å². The largest absolute Gasteiger partial charge is 0.444 e. The first-order valence-corrected chi connectivity index (χ1v) is 20.3. The number of nitrogens with one attached hydrogen (secondary N) is 1. The van der Waals surface area contributed by atoms with Gasteiger partial charge in [0.15, 0.2) is 11.6 Å². The highest BCUT2D eigenvalue weighted by atomic mass is 32.1. The molecular weight excluding hydrogens is 726 g/mol. The van der Waals surface area contributed by atoms with Crippen molar-refractivity contribution in [1.82, 2.24) is 30.2 Å². The molecule has 3 saturated heterocycles. The standard InChI is InChI=1S/C40H56FN7O6S/c1-25(2)34(37(51)48-22-30(49)20-31(48)36(50)43-26(3)28-8-10-29(11-9-28)35-27(4)42-24-55-35)32-21-33(44-54-32)46-18-16-45(17-19-46)23-40(41)12-14-47(15-13-40)38(52)53-39(5,6)7/h8-11,21,24-26,30-31,34,49H,12-20,22-23H2,1-7H3,(H,43,50)/t26-,30+,31-,34+/m0/s1. The molecule has 0 radical (unpaired) electrons. The summed E-state index contributed by atoms with van der Waals surface area (Å²) in [5, 5.41) is 18.1. The van der Waals surface area contributed by atoms with Crippen LogP contribution in [0.25, 0.3) is 10.4 Å². The number of halogens is 1. The van der Waals surface area contributed by atoms with Crippen molar-refractivity contribution >= 4 is 35.1 Å². The molecule has 15 heteroatoms. The fourth-order valence-corrected chi connectivity index (χ4v) is 8.61. The van der Waals surface area contributed by atoms with E-state index in [1.807, 2.05) is 78.2 Å². The second kappa shape index (κ2) is 16.6. The van der Waals surface area contributed by atoms with Gasteiger partial charge in [0.05, 0.1) is 28.2 Å². The van der Waals surface area contributed by atoms with Crippen LogP contribution in [0.15, 0.2) is 40.4 Å². The van der Waals surface area contributed by atoms with E-state index in [1.54, 1.807) is 22.3 Å². The maximum atomic E-state index is 15.9. The summed E-state index contributed by atoms with van der Waals surface area (Å²) in [5.74, 6) is -0.476. The molecule has 0 saturated carbocycles. The number of thiazole rings is 1. The molecule has 6 rings (SSSR count). The Morgan fingerprint density at radius 1 is 1.07 bits per heavy atom. The first-order valence-electron chi connectivity index (χ1n) is 19.4. The molecule has 0 aliphatic carbocycles. The highest BCUT2D eigenvalue weighted by Gasteiger charge is 2.44. The van der Waals surface area contributed by atoms with Crippen LogP contribution in [0.1, 0.15) is 89.8 Å². The molecule has 0 bridgehead atoms. The maximum Gasteiger partial charge on any atom is 0.410 e. The van der Waals surface area contributed by atoms with Crippen LogP contribution < -0.4 is 10.2 Å². The number of nitrogens with zero attached hydrogens (tertiary/aromatic N) is 6. The van der Waals surface area contributed by atoms with Gasteiger partial charge in [0.2, 0.25) is 11.8 Å². The van der Waals surface area contributed by atoms with Gasteiger partial charge in [-0.1, -0.05) is 43.3 Å². The molecule has 300 valence electrons. The van der Waals surface area contributed by atoms with Gasteiger partial charge < -0.3 is 34.4 Å². The molecule has 2 aromatic heterocycles. The lowest BCUT2D eigenvalue weighted by Gasteiger charge is -2.42. The molecule has 55 heavy (non-hydrogen) atoms. The van der Waals surface area contributed by atoms with Crippen LogP contribution in [-0.2, 0) is 14.3 Å². The zero-order valence-corrected chi connectivity index (χ0v) is 33.9. The Morgan fingerprint density at radius 2 is 1.75 bits per heavy atom. The van der Waals surface area contributed by atoms with E-state index in [4.69, 9.17) is 9.26 Å². The number of likely N-dealkylation sites (tertiary alicyclic amines) is 2. The predicted octanol–water partition coefficient (Wildman–Crippen LogP) is 5.55. The number of aromatic nitrogens is 2. The van der Waals surface area contributed by atoms with Crippen molar-refractivity contribution in [2.45, 2.75) is 103 Å². The zero-order valence-electron chi connectivity index (χ0n) is 33.1. The smallest absolute Gasteiger partial charge is 0.410 e. The average Bonchev–Trinajstić information content (AvgIpc) is 3.88. The molecule has 0 unspecified atom stereocenters. The number of hydrogen-bond donors (Lipinski definition) is 2. The number of aryl methyl sites for hydroxylation is 1. The Bertz CT molecular complexity index is 1790. The Hall–Kier alpha value is -4.08. The van der Waals surface area contributed by atoms with Crippen LogP contribution in [0.5, 0.6) is 0 Å². The normalized spacial score (nSPS) is 21.8. The van der Waals surface area contributed by atoms with Crippen LogP contribution in [0, 0.1) is 12.8 Å². The highest BCUT2D eigenvalue weighted by Crippen LogP contribution is 2.34. The molecule has 4 atom stereocenters. The number of ether oxygens (including phenoxy) is 1. The number of hydrogen-bond acceptors (Lipinski definition) is 11. The second-order valence-electron chi connectivity index (χ2n) is 16.7. The van der Waals surface area contributed by atoms with Gasteiger partial charge in [0.1, 0.15) is 23.2 Å². The SMILES string of the molecule is Cc1ncsc1-c1ccc([C@H](C)NC(=O)[C@@H]2C[C@@H](O)CN2C(=O)[C@@H](c2cc(N3CCN(CC4(F)CCN(C(=O)OC(C)(C)C)CC4)CC3)no2)C(C)C)cc1. The number of rotatable bonds is 10. The summed E-state index contributed by atoms with van der Waals surface area (Å²) in [6.45, 7) is 16.7. The zero-order chi connectivity index (χ0) is 39.7. The lowest BCUT2D eigenvalue weighted by Crippen LogP contribution is -2.54. The highest BCUT2D eigenvalue weighted by molar-refractivity contribution is 7.13. The number of β-amino-alcohol motifs (C(OH)–C–C–N with tert-alkyl or cyclic N) is 1. The minimum absolute atomic E-state index is 0.0511. The van der Waals surface area contributed by atoms with Crippen molar-refractivity contribution in [2.24, 2.45) is 5.92 Å². The number of piperazine rings is 1. The Morgan fingerprint density at radius 3 is 2.35 bits per heavy atom. The number of amides is 3. The first kappa shape index (κ1) is 40.6. The lowest BCUT2D eigenvalue weighted by atomic mass is 9.91. The Balaban J connectivity index is 1.03. The molecule has 3 aliphatic rings. The molecule has 3 aromatic rings. The summed E-state index contributed by atoms with van der Waals surface area (Å²) in [7, 11) is 0. The molecule has 5 heterocycles. The topological polar surface area (TPSA) is 145 Å². The monoisotopic (exact) mass is 781 g/mol. The number of benzene rings is 1. The van der Waals surface area contributed by atoms with E-state index in [-0.39, 0.29) is 49.6 Å². The van der Waals surface area contributed by atoms with Crippen LogP contribution in [-0.4, -0.2) is 124 Å². The Kier molecular flexibility index (Phi) is 12.2. The molecule has 2 N–H and O–H groups in total. The number of alkyl halides is 1. The van der Waals surface area contributed by atoms with E-state index in [0.29, 0.717) is 57.4 Å². The van der Waals surface area contributed by atoms with Gasteiger partial charge >= 0.3 is 6.09 Å². The van der Waals surface area contributed by atoms with Crippen molar-refractivity contribution in [1.29, 1.82) is 0 Å². The predicted molar refractivity (Wildman–Crippen MR) is 209 cm³/mol. The van der Waals surface area contributed by atoms with E-state index in [9.17, 15) is 19.5 Å². The molecule has 13 nitrogen and oxygen atoms in total. The molecule has 3 amide bonds. The van der Waals surface area contributed by atoms with Gasteiger partial charge in [-0.05, 0) is 51.7 Å². The van der Waals surface area contributed by atoms with Crippen LogP contribution in [0.3, 0.4) is 0 Å². The van der Waals surface area contributed by atoms with Gasteiger partial charge in [0, 0.05) is 77.7 Å². The third-order valence-corrected chi connectivity index (χ3v) is 11.9. The maximum absolute atomic E-state index is 15.9. The molecule has 3 fully saturated rings. The molecule has 1 aromatic carbocycles. The minimum atomic E-state index is -1.38. The second-order valence-corrected chi connectivity index (χ2v) is 17.6. The average molecular weight is 782 g/mol. The third kappa shape index (κ3) is 9.66. The van der Waals surface area contributed by atoms with Crippen LogP contribution >= 0.6 is 11.3 Å². The van der Waals surface area contributed by atoms with Crippen molar-refractivity contribution in [2.75, 3.05) is 57.3 Å². The summed E-state index contributed by atoms with van der Waals surface area (Å²) < 4.78 is 27.2. The van der Waals surface area contributed by atoms with E-state index in [1.165, 1.54) is 4.90 Å². The van der Waals surface area contributed by atoms with Crippen molar-refractivity contribution < 1.29 is 33.1 Å². The lowest BCUT2D eigenvalue weighted by molar-refractivity contribution is -0.141. The first-order chi connectivity index (χ1) is 26.0. The van der Waals surface area contributed by atoms with Gasteiger partial charge in [-0.25, -0.2) is 14.2 Å². The number of aliphatic hydroxyl groups excluding tert-OH is 1. The van der Waals surface area contributed by atoms with Crippen LogP contribution in [0.2, 0.25) is 0 Å². The summed E-state index contributed by atoms with van der Waals surface area (Å²) in [6, 6.07) is 8.66. The minimum Gasteiger partial charge on any atom is -0.444 e. The number of aliphatic hydroxyl groups is 1. The van der Waals surface area contributed by atoms with Crippen molar-refractivity contribution in [3.05, 3.63) is 52.9 Å². The van der Waals surface area contributed by atoms with E-state index in [0.717, 1.165) is 21.7 Å². The number of anilines is 1. The summed E-state index contributed by atoms with van der Waals surface area (Å²) in [5.41, 5.74) is 2.82. The van der Waals surface area contributed by atoms with Gasteiger partial charge in [0.25, 0.3) is 0 Å². The van der Waals surface area contributed by atoms with Gasteiger partial charge in [-0.15, -0.1) is 11.3 Å². The van der Waals surface area contributed by atoms with Crippen LogP contribution in [0.4, 0.5) is 15.0 Å².